The largest absolute Gasteiger partial charge is 0.477 e. The first-order valence-corrected chi connectivity index (χ1v) is 5.68. The Labute approximate surface area is 104 Å². The van der Waals surface area contributed by atoms with Gasteiger partial charge in [-0.25, -0.2) is 9.78 Å². The zero-order chi connectivity index (χ0) is 12.9. The Morgan fingerprint density at radius 2 is 2.06 bits per heavy atom. The van der Waals surface area contributed by atoms with Crippen LogP contribution in [0.4, 0.5) is 0 Å². The van der Waals surface area contributed by atoms with Crippen LogP contribution in [0.5, 0.6) is 0 Å². The summed E-state index contributed by atoms with van der Waals surface area (Å²) in [5.74, 6) is -0.964. The zero-order valence-electron chi connectivity index (χ0n) is 10.1. The van der Waals surface area contributed by atoms with Crippen LogP contribution in [-0.2, 0) is 0 Å². The topological polar surface area (TPSA) is 54.6 Å². The Morgan fingerprint density at radius 3 is 2.78 bits per heavy atom. The van der Waals surface area contributed by atoms with Crippen molar-refractivity contribution in [2.45, 2.75) is 13.8 Å². The molecule has 0 saturated carbocycles. The lowest BCUT2D eigenvalue weighted by Crippen LogP contribution is -2.03. The van der Waals surface area contributed by atoms with E-state index >= 15 is 0 Å². The minimum atomic E-state index is -0.964. The minimum Gasteiger partial charge on any atom is -0.477 e. The first kappa shape index (κ1) is 10.8. The van der Waals surface area contributed by atoms with Crippen LogP contribution in [0.15, 0.2) is 30.5 Å². The Balaban J connectivity index is 2.59. The number of hydrogen-bond donors (Lipinski definition) is 1. The predicted octanol–water partition coefficient (Wildman–Crippen LogP) is 2.80. The summed E-state index contributed by atoms with van der Waals surface area (Å²) in [6.45, 7) is 4.00. The molecule has 0 aliphatic heterocycles. The molecule has 0 unspecified atom stereocenters. The van der Waals surface area contributed by atoms with Gasteiger partial charge in [-0.05, 0) is 37.1 Å². The Kier molecular flexibility index (Phi) is 2.13. The van der Waals surface area contributed by atoms with Crippen LogP contribution in [0.1, 0.15) is 21.6 Å². The van der Waals surface area contributed by atoms with E-state index in [0.29, 0.717) is 5.65 Å². The molecule has 2 aromatic heterocycles. The molecule has 0 saturated heterocycles. The summed E-state index contributed by atoms with van der Waals surface area (Å²) in [6, 6.07) is 7.94. The molecule has 18 heavy (non-hydrogen) atoms. The van der Waals surface area contributed by atoms with Crippen molar-refractivity contribution in [1.29, 1.82) is 0 Å². The predicted molar refractivity (Wildman–Crippen MR) is 69.1 cm³/mol. The molecule has 0 aliphatic carbocycles. The second kappa shape index (κ2) is 3.57. The fourth-order valence-corrected chi connectivity index (χ4v) is 2.30. The van der Waals surface area contributed by atoms with Gasteiger partial charge >= 0.3 is 5.97 Å². The average Bonchev–Trinajstić information content (AvgIpc) is 2.72. The van der Waals surface area contributed by atoms with Crippen LogP contribution in [0.25, 0.3) is 16.6 Å². The molecule has 90 valence electrons. The molecule has 0 amide bonds. The summed E-state index contributed by atoms with van der Waals surface area (Å²) < 4.78 is 1.69. The average molecular weight is 240 g/mol. The van der Waals surface area contributed by atoms with E-state index in [4.69, 9.17) is 0 Å². The summed E-state index contributed by atoms with van der Waals surface area (Å²) in [7, 11) is 0. The van der Waals surface area contributed by atoms with E-state index < -0.39 is 5.97 Å². The molecule has 4 heteroatoms. The fourth-order valence-electron chi connectivity index (χ4n) is 2.30. The quantitative estimate of drug-likeness (QED) is 0.711. The third-order valence-corrected chi connectivity index (χ3v) is 3.17. The van der Waals surface area contributed by atoms with Gasteiger partial charge < -0.3 is 5.11 Å². The van der Waals surface area contributed by atoms with Gasteiger partial charge in [-0.15, -0.1) is 0 Å². The monoisotopic (exact) mass is 240 g/mol. The molecule has 3 rings (SSSR count). The number of aryl methyl sites for hydroxylation is 2. The van der Waals surface area contributed by atoms with Gasteiger partial charge in [0.2, 0.25) is 0 Å². The number of carbonyl (C=O) groups is 1. The van der Waals surface area contributed by atoms with Gasteiger partial charge in [0.1, 0.15) is 5.65 Å². The van der Waals surface area contributed by atoms with E-state index in [1.165, 1.54) is 6.20 Å². The number of benzene rings is 1. The zero-order valence-corrected chi connectivity index (χ0v) is 10.1. The smallest absolute Gasteiger partial charge is 0.354 e. The number of aromatic carboxylic acids is 1. The van der Waals surface area contributed by atoms with E-state index in [2.05, 4.69) is 4.98 Å². The summed E-state index contributed by atoms with van der Waals surface area (Å²) in [6.07, 6.45) is 1.40. The van der Waals surface area contributed by atoms with E-state index in [1.807, 2.05) is 38.1 Å². The Morgan fingerprint density at radius 1 is 1.28 bits per heavy atom. The number of pyridine rings is 1. The molecule has 0 spiro atoms. The Bertz CT molecular complexity index is 787. The number of carboxylic acid groups (broad SMARTS) is 1. The number of fused-ring (bicyclic) bond motifs is 3. The summed E-state index contributed by atoms with van der Waals surface area (Å²) in [5.41, 5.74) is 3.95. The third-order valence-electron chi connectivity index (χ3n) is 3.17. The number of aromatic nitrogens is 2. The van der Waals surface area contributed by atoms with Crippen LogP contribution in [0.2, 0.25) is 0 Å². The highest BCUT2D eigenvalue weighted by molar-refractivity contribution is 5.92. The second-order valence-electron chi connectivity index (χ2n) is 4.49. The highest BCUT2D eigenvalue weighted by Gasteiger charge is 2.14. The molecule has 4 nitrogen and oxygen atoms in total. The van der Waals surface area contributed by atoms with Gasteiger partial charge in [0.15, 0.2) is 5.69 Å². The summed E-state index contributed by atoms with van der Waals surface area (Å²) >= 11 is 0. The van der Waals surface area contributed by atoms with E-state index in [0.717, 1.165) is 22.0 Å². The summed E-state index contributed by atoms with van der Waals surface area (Å²) in [4.78, 5) is 15.4. The maximum Gasteiger partial charge on any atom is 0.354 e. The summed E-state index contributed by atoms with van der Waals surface area (Å²) in [5, 5.41) is 10.3. The molecule has 2 heterocycles. The molecule has 1 aromatic carbocycles. The minimum absolute atomic E-state index is 0.195. The van der Waals surface area contributed by atoms with Crippen molar-refractivity contribution in [3.63, 3.8) is 0 Å². The normalized spacial score (nSPS) is 11.2. The van der Waals surface area contributed by atoms with E-state index in [1.54, 1.807) is 4.40 Å². The van der Waals surface area contributed by atoms with Crippen LogP contribution in [-0.4, -0.2) is 20.5 Å². The van der Waals surface area contributed by atoms with Crippen LogP contribution in [0, 0.1) is 13.8 Å². The highest BCUT2D eigenvalue weighted by atomic mass is 16.4. The van der Waals surface area contributed by atoms with Crippen LogP contribution in [0.3, 0.4) is 0 Å². The number of nitrogens with zero attached hydrogens (tertiary/aromatic N) is 2. The van der Waals surface area contributed by atoms with Crippen molar-refractivity contribution >= 4 is 22.5 Å². The van der Waals surface area contributed by atoms with E-state index in [-0.39, 0.29) is 5.69 Å². The number of carboxylic acids is 1. The SMILES string of the molecule is Cc1ccc2c(C)cc3ncc(C(=O)O)n3c2c1. The fraction of sp³-hybridized carbons (Fsp3) is 0.143. The molecule has 0 atom stereocenters. The van der Waals surface area contributed by atoms with Crippen molar-refractivity contribution in [3.05, 3.63) is 47.3 Å². The molecular formula is C14H12N2O2. The second-order valence-corrected chi connectivity index (χ2v) is 4.49. The van der Waals surface area contributed by atoms with Gasteiger partial charge in [-0.2, -0.15) is 0 Å². The molecule has 3 aromatic rings. The number of rotatable bonds is 1. The lowest BCUT2D eigenvalue weighted by Gasteiger charge is -2.08. The standard InChI is InChI=1S/C14H12N2O2/c1-8-3-4-10-9(2)6-13-15-7-12(14(17)18)16(13)11(10)5-8/h3-7H,1-2H3,(H,17,18). The van der Waals surface area contributed by atoms with E-state index in [9.17, 15) is 9.90 Å². The van der Waals surface area contributed by atoms with Crippen LogP contribution < -0.4 is 0 Å². The molecule has 0 aliphatic rings. The van der Waals surface area contributed by atoms with Crippen molar-refractivity contribution in [2.75, 3.05) is 0 Å². The molecule has 1 N–H and O–H groups in total. The van der Waals surface area contributed by atoms with Gasteiger partial charge in [0, 0.05) is 5.39 Å². The first-order valence-electron chi connectivity index (χ1n) is 5.68. The lowest BCUT2D eigenvalue weighted by atomic mass is 10.1. The molecular weight excluding hydrogens is 228 g/mol. The van der Waals surface area contributed by atoms with Crippen molar-refractivity contribution in [2.24, 2.45) is 0 Å². The van der Waals surface area contributed by atoms with Crippen molar-refractivity contribution < 1.29 is 9.90 Å². The maximum absolute atomic E-state index is 11.2. The van der Waals surface area contributed by atoms with Crippen molar-refractivity contribution in [1.82, 2.24) is 9.38 Å². The number of imidazole rings is 1. The first-order chi connectivity index (χ1) is 8.58. The molecule has 0 radical (unpaired) electrons. The third kappa shape index (κ3) is 1.39. The highest BCUT2D eigenvalue weighted by Crippen LogP contribution is 2.23. The molecule has 0 fully saturated rings. The van der Waals surface area contributed by atoms with Crippen LogP contribution >= 0.6 is 0 Å². The van der Waals surface area contributed by atoms with Gasteiger partial charge in [-0.3, -0.25) is 4.40 Å². The molecule has 0 bridgehead atoms. The van der Waals surface area contributed by atoms with Gasteiger partial charge in [0.25, 0.3) is 0 Å². The Hall–Kier alpha value is -2.36. The van der Waals surface area contributed by atoms with Gasteiger partial charge in [0.05, 0.1) is 11.7 Å². The van der Waals surface area contributed by atoms with Crippen molar-refractivity contribution in [3.8, 4) is 0 Å². The van der Waals surface area contributed by atoms with Gasteiger partial charge in [-0.1, -0.05) is 12.1 Å². The maximum atomic E-state index is 11.2. The number of hydrogen-bond acceptors (Lipinski definition) is 2. The lowest BCUT2D eigenvalue weighted by molar-refractivity contribution is 0.0690.